The van der Waals surface area contributed by atoms with Crippen molar-refractivity contribution in [1.82, 2.24) is 39.5 Å². The molecule has 4 aromatic rings. The van der Waals surface area contributed by atoms with E-state index in [1.54, 1.807) is 46.2 Å². The van der Waals surface area contributed by atoms with Gasteiger partial charge in [0.2, 0.25) is 0 Å². The second-order valence-electron chi connectivity index (χ2n) is 12.0. The van der Waals surface area contributed by atoms with Gasteiger partial charge in [-0.05, 0) is 50.2 Å². The average Bonchev–Trinajstić information content (AvgIpc) is 3.13. The van der Waals surface area contributed by atoms with E-state index in [4.69, 9.17) is 23.2 Å². The molecule has 2 saturated heterocycles. The number of aromatic nitrogens is 4. The van der Waals surface area contributed by atoms with Gasteiger partial charge in [0, 0.05) is 73.5 Å². The minimum atomic E-state index is -0.309. The van der Waals surface area contributed by atoms with Crippen LogP contribution in [0.5, 0.6) is 0 Å². The fraction of sp³-hybridized carbons (Fsp3) is 0.343. The molecule has 4 heterocycles. The Bertz CT molecular complexity index is 1680. The highest BCUT2D eigenvalue weighted by atomic mass is 35.5. The summed E-state index contributed by atoms with van der Waals surface area (Å²) in [6.07, 6.45) is 2.79. The maximum absolute atomic E-state index is 13.6. The van der Waals surface area contributed by atoms with Gasteiger partial charge in [0.25, 0.3) is 11.8 Å². The van der Waals surface area contributed by atoms with Gasteiger partial charge in [-0.2, -0.15) is 0 Å². The minimum absolute atomic E-state index is 0.124. The maximum Gasteiger partial charge on any atom is 0.272 e. The van der Waals surface area contributed by atoms with Crippen LogP contribution in [0.4, 0.5) is 0 Å². The molecule has 2 aliphatic rings. The first-order valence-electron chi connectivity index (χ1n) is 15.9. The van der Waals surface area contributed by atoms with Crippen LogP contribution in [0.15, 0.2) is 73.3 Å². The number of piperazine rings is 2. The molecule has 11 nitrogen and oxygen atoms in total. The van der Waals surface area contributed by atoms with Crippen LogP contribution in [0, 0.1) is 0 Å². The van der Waals surface area contributed by atoms with Gasteiger partial charge in [-0.25, -0.2) is 19.9 Å². The molecule has 0 bridgehead atoms. The lowest BCUT2D eigenvalue weighted by atomic mass is 10.0. The van der Waals surface area contributed by atoms with E-state index in [-0.39, 0.29) is 29.7 Å². The largest absolute Gasteiger partial charge is 0.335 e. The molecule has 248 valence electrons. The Labute approximate surface area is 289 Å². The fourth-order valence-electron chi connectivity index (χ4n) is 6.22. The molecule has 0 saturated carbocycles. The summed E-state index contributed by atoms with van der Waals surface area (Å²) in [5.74, 6) is -0.205. The normalized spacial score (nSPS) is 17.2. The standard InChI is InChI=1S/C35H36Cl2N8O3/c1-23(42-9-13-44(14-10-42)34(47)31-19-29(38-21-40-31)25-5-3-7-27(36)17-25)33(46)24(2)43-11-15-45(16-12-43)35(48)32-20-30(39-22-41-32)26-6-4-8-28(37)18-26/h3-8,17-24H,9-16H2,1-2H3. The van der Waals surface area contributed by atoms with E-state index in [9.17, 15) is 14.4 Å². The highest BCUT2D eigenvalue weighted by Gasteiger charge is 2.34. The van der Waals surface area contributed by atoms with E-state index >= 15 is 0 Å². The van der Waals surface area contributed by atoms with Gasteiger partial charge in [-0.3, -0.25) is 24.2 Å². The van der Waals surface area contributed by atoms with E-state index in [1.165, 1.54) is 12.7 Å². The Hall–Kier alpha value is -4.29. The summed E-state index contributed by atoms with van der Waals surface area (Å²) in [6.45, 7) is 8.15. The Morgan fingerprint density at radius 3 is 1.35 bits per heavy atom. The Balaban J connectivity index is 0.995. The molecule has 2 aromatic heterocycles. The monoisotopic (exact) mass is 686 g/mol. The molecule has 13 heteroatoms. The van der Waals surface area contributed by atoms with Crippen molar-refractivity contribution in [3.63, 3.8) is 0 Å². The third-order valence-corrected chi connectivity index (χ3v) is 9.61. The van der Waals surface area contributed by atoms with Gasteiger partial charge in [0.15, 0.2) is 5.78 Å². The van der Waals surface area contributed by atoms with Crippen LogP contribution in [0.3, 0.4) is 0 Å². The van der Waals surface area contributed by atoms with Gasteiger partial charge in [0.1, 0.15) is 24.0 Å². The van der Waals surface area contributed by atoms with Crippen LogP contribution in [0.25, 0.3) is 22.5 Å². The van der Waals surface area contributed by atoms with Crippen molar-refractivity contribution in [2.24, 2.45) is 0 Å². The van der Waals surface area contributed by atoms with Crippen LogP contribution in [-0.4, -0.2) is 122 Å². The Morgan fingerprint density at radius 2 is 0.979 bits per heavy atom. The first kappa shape index (κ1) is 33.6. The summed E-state index contributed by atoms with van der Waals surface area (Å²) in [6, 6.07) is 17.4. The van der Waals surface area contributed by atoms with E-state index < -0.39 is 0 Å². The summed E-state index contributed by atoms with van der Waals surface area (Å²) < 4.78 is 0. The van der Waals surface area contributed by atoms with Crippen molar-refractivity contribution in [3.8, 4) is 22.5 Å². The number of halogens is 2. The lowest BCUT2D eigenvalue weighted by molar-refractivity contribution is -0.129. The second kappa shape index (κ2) is 14.9. The topological polar surface area (TPSA) is 116 Å². The van der Waals surface area contributed by atoms with Crippen molar-refractivity contribution in [3.05, 3.63) is 94.8 Å². The number of benzene rings is 2. The van der Waals surface area contributed by atoms with Gasteiger partial charge in [-0.1, -0.05) is 47.5 Å². The summed E-state index contributed by atoms with van der Waals surface area (Å²) >= 11 is 12.3. The first-order valence-corrected chi connectivity index (χ1v) is 16.7. The first-order chi connectivity index (χ1) is 23.2. The predicted molar refractivity (Wildman–Crippen MR) is 184 cm³/mol. The lowest BCUT2D eigenvalue weighted by Crippen LogP contribution is -2.58. The van der Waals surface area contributed by atoms with Crippen LogP contribution in [0.1, 0.15) is 34.8 Å². The number of Topliss-reactive ketones (excluding diaryl/α,β-unsaturated/α-hetero) is 1. The third-order valence-electron chi connectivity index (χ3n) is 9.14. The number of amides is 2. The van der Waals surface area contributed by atoms with Crippen LogP contribution in [0.2, 0.25) is 10.0 Å². The zero-order valence-electron chi connectivity index (χ0n) is 26.8. The molecule has 2 atom stereocenters. The van der Waals surface area contributed by atoms with Crippen LogP contribution < -0.4 is 0 Å². The van der Waals surface area contributed by atoms with Crippen LogP contribution in [-0.2, 0) is 4.79 Å². The number of rotatable bonds is 8. The third kappa shape index (κ3) is 7.55. The minimum Gasteiger partial charge on any atom is -0.335 e. The van der Waals surface area contributed by atoms with Crippen molar-refractivity contribution >= 4 is 40.8 Å². The number of ketones is 1. The molecular weight excluding hydrogens is 651 g/mol. The fourth-order valence-corrected chi connectivity index (χ4v) is 6.60. The number of nitrogens with zero attached hydrogens (tertiary/aromatic N) is 8. The predicted octanol–water partition coefficient (Wildman–Crippen LogP) is 4.47. The van der Waals surface area contributed by atoms with Crippen LogP contribution >= 0.6 is 23.2 Å². The number of carbonyl (C=O) groups excluding carboxylic acids is 3. The lowest BCUT2D eigenvalue weighted by Gasteiger charge is -2.41. The van der Waals surface area contributed by atoms with E-state index in [1.807, 2.05) is 38.1 Å². The number of hydrogen-bond acceptors (Lipinski definition) is 9. The number of hydrogen-bond donors (Lipinski definition) is 0. The molecule has 2 aromatic carbocycles. The van der Waals surface area contributed by atoms with Crippen molar-refractivity contribution < 1.29 is 14.4 Å². The number of carbonyl (C=O) groups is 3. The molecule has 6 rings (SSSR count). The molecule has 0 spiro atoms. The van der Waals surface area contributed by atoms with Gasteiger partial charge in [0.05, 0.1) is 23.5 Å². The quantitative estimate of drug-likeness (QED) is 0.265. The molecule has 0 radical (unpaired) electrons. The smallest absolute Gasteiger partial charge is 0.272 e. The Kier molecular flexibility index (Phi) is 10.4. The van der Waals surface area contributed by atoms with E-state index in [0.717, 1.165) is 11.1 Å². The van der Waals surface area contributed by atoms with Gasteiger partial charge < -0.3 is 9.80 Å². The summed E-state index contributed by atoms with van der Waals surface area (Å²) in [5.41, 5.74) is 3.53. The zero-order chi connectivity index (χ0) is 33.8. The molecule has 2 aliphatic heterocycles. The van der Waals surface area contributed by atoms with Crippen molar-refractivity contribution in [2.75, 3.05) is 52.4 Å². The SMILES string of the molecule is CC(C(=O)C(C)N1CCN(C(=O)c2cc(-c3cccc(Cl)c3)ncn2)CC1)N1CCN(C(=O)c2cc(-c3cccc(Cl)c3)ncn2)CC1. The maximum atomic E-state index is 13.6. The second-order valence-corrected chi connectivity index (χ2v) is 12.9. The average molecular weight is 688 g/mol. The molecule has 2 unspecified atom stereocenters. The van der Waals surface area contributed by atoms with Crippen molar-refractivity contribution in [2.45, 2.75) is 25.9 Å². The highest BCUT2D eigenvalue weighted by molar-refractivity contribution is 6.31. The molecule has 0 aliphatic carbocycles. The van der Waals surface area contributed by atoms with E-state index in [0.29, 0.717) is 85.2 Å². The summed E-state index contributed by atoms with van der Waals surface area (Å²) in [5, 5.41) is 1.18. The molecule has 0 N–H and O–H groups in total. The zero-order valence-corrected chi connectivity index (χ0v) is 28.3. The molecular formula is C35H36Cl2N8O3. The van der Waals surface area contributed by atoms with E-state index in [2.05, 4.69) is 29.7 Å². The van der Waals surface area contributed by atoms with Gasteiger partial charge >= 0.3 is 0 Å². The highest BCUT2D eigenvalue weighted by Crippen LogP contribution is 2.23. The van der Waals surface area contributed by atoms with Gasteiger partial charge in [-0.15, -0.1) is 0 Å². The summed E-state index contributed by atoms with van der Waals surface area (Å²) in [7, 11) is 0. The summed E-state index contributed by atoms with van der Waals surface area (Å²) in [4.78, 5) is 65.1. The molecule has 2 fully saturated rings. The molecule has 2 amide bonds. The molecule has 48 heavy (non-hydrogen) atoms. The van der Waals surface area contributed by atoms with Crippen molar-refractivity contribution in [1.29, 1.82) is 0 Å². The Morgan fingerprint density at radius 1 is 0.583 bits per heavy atom.